The Balaban J connectivity index is 2.11. The first-order valence-electron chi connectivity index (χ1n) is 7.89. The van der Waals surface area contributed by atoms with Gasteiger partial charge in [-0.1, -0.05) is 26.0 Å². The van der Waals surface area contributed by atoms with Gasteiger partial charge < -0.3 is 9.47 Å². The highest BCUT2D eigenvalue weighted by molar-refractivity contribution is 5.94. The molecule has 0 spiro atoms. The van der Waals surface area contributed by atoms with E-state index in [0.29, 0.717) is 28.5 Å². The van der Waals surface area contributed by atoms with Crippen LogP contribution in [0.1, 0.15) is 48.2 Å². The van der Waals surface area contributed by atoms with Crippen molar-refractivity contribution in [2.24, 2.45) is 0 Å². The fraction of sp³-hybridized carbons (Fsp3) is 0.300. The van der Waals surface area contributed by atoms with E-state index in [1.54, 1.807) is 30.3 Å². The van der Waals surface area contributed by atoms with E-state index in [1.165, 1.54) is 19.6 Å². The number of carbonyl (C=O) groups excluding carboxylic acids is 2. The zero-order valence-corrected chi connectivity index (χ0v) is 14.5. The molecule has 0 fully saturated rings. The average molecular weight is 326 g/mol. The number of rotatable bonds is 6. The molecule has 4 heteroatoms. The van der Waals surface area contributed by atoms with Crippen molar-refractivity contribution in [3.8, 4) is 11.5 Å². The molecule has 0 heterocycles. The van der Waals surface area contributed by atoms with Gasteiger partial charge in [-0.15, -0.1) is 0 Å². The maximum atomic E-state index is 12.2. The molecule has 2 rings (SSSR count). The average Bonchev–Trinajstić information content (AvgIpc) is 2.55. The summed E-state index contributed by atoms with van der Waals surface area (Å²) in [5.74, 6) is 1.04. The van der Waals surface area contributed by atoms with Gasteiger partial charge in [0.25, 0.3) is 0 Å². The second-order valence-corrected chi connectivity index (χ2v) is 5.96. The summed E-state index contributed by atoms with van der Waals surface area (Å²) in [6.07, 6.45) is 0.0379. The van der Waals surface area contributed by atoms with E-state index in [9.17, 15) is 9.59 Å². The number of ether oxygens (including phenoxy) is 2. The summed E-state index contributed by atoms with van der Waals surface area (Å²) in [5, 5.41) is 0. The summed E-state index contributed by atoms with van der Waals surface area (Å²) >= 11 is 0. The Hall–Kier alpha value is -2.62. The van der Waals surface area contributed by atoms with Crippen LogP contribution in [0.3, 0.4) is 0 Å². The van der Waals surface area contributed by atoms with Crippen molar-refractivity contribution in [2.75, 3.05) is 7.11 Å². The van der Waals surface area contributed by atoms with Gasteiger partial charge in [0.15, 0.2) is 5.78 Å². The summed E-state index contributed by atoms with van der Waals surface area (Å²) in [4.78, 5) is 23.7. The summed E-state index contributed by atoms with van der Waals surface area (Å²) in [7, 11) is 1.53. The Bertz CT molecular complexity index is 730. The molecular weight excluding hydrogens is 304 g/mol. The van der Waals surface area contributed by atoms with Crippen molar-refractivity contribution in [3.05, 3.63) is 59.2 Å². The smallest absolute Gasteiger partial charge is 0.315 e. The van der Waals surface area contributed by atoms with Gasteiger partial charge in [0.05, 0.1) is 13.5 Å². The standard InChI is InChI=1S/C20H22O4/c1-13(2)15-5-8-18(9-6-15)24-20(22)12-17-11-16(14(3)21)7-10-19(17)23-4/h5-11,13H,12H2,1-4H3. The molecular formula is C20H22O4. The zero-order chi connectivity index (χ0) is 17.7. The van der Waals surface area contributed by atoms with Crippen LogP contribution >= 0.6 is 0 Å². The van der Waals surface area contributed by atoms with Crippen LogP contribution in [-0.4, -0.2) is 18.9 Å². The lowest BCUT2D eigenvalue weighted by Crippen LogP contribution is -2.12. The van der Waals surface area contributed by atoms with Crippen LogP contribution in [0.5, 0.6) is 11.5 Å². The number of carbonyl (C=O) groups is 2. The van der Waals surface area contributed by atoms with Gasteiger partial charge in [-0.2, -0.15) is 0 Å². The van der Waals surface area contributed by atoms with Crippen LogP contribution in [0, 0.1) is 0 Å². The molecule has 0 radical (unpaired) electrons. The number of esters is 1. The molecule has 2 aromatic rings. The molecule has 0 saturated carbocycles. The Morgan fingerprint density at radius 3 is 2.25 bits per heavy atom. The van der Waals surface area contributed by atoms with E-state index in [0.717, 1.165) is 0 Å². The molecule has 0 aromatic heterocycles. The van der Waals surface area contributed by atoms with Crippen molar-refractivity contribution in [1.82, 2.24) is 0 Å². The maximum absolute atomic E-state index is 12.2. The summed E-state index contributed by atoms with van der Waals surface area (Å²) < 4.78 is 10.6. The predicted octanol–water partition coefficient (Wildman–Crippen LogP) is 4.17. The van der Waals surface area contributed by atoms with Gasteiger partial charge in [0.1, 0.15) is 11.5 Å². The van der Waals surface area contributed by atoms with Crippen molar-refractivity contribution < 1.29 is 19.1 Å². The first-order valence-corrected chi connectivity index (χ1v) is 7.89. The minimum atomic E-state index is -0.397. The largest absolute Gasteiger partial charge is 0.496 e. The molecule has 2 aromatic carbocycles. The second-order valence-electron chi connectivity index (χ2n) is 5.96. The van der Waals surface area contributed by atoms with Crippen LogP contribution in [0.25, 0.3) is 0 Å². The third-order valence-electron chi connectivity index (χ3n) is 3.80. The zero-order valence-electron chi connectivity index (χ0n) is 14.5. The van der Waals surface area contributed by atoms with Gasteiger partial charge in [-0.05, 0) is 48.7 Å². The molecule has 0 saturated heterocycles. The topological polar surface area (TPSA) is 52.6 Å². The fourth-order valence-corrected chi connectivity index (χ4v) is 2.38. The Morgan fingerprint density at radius 2 is 1.71 bits per heavy atom. The van der Waals surface area contributed by atoms with E-state index >= 15 is 0 Å². The van der Waals surface area contributed by atoms with Crippen LogP contribution in [0.2, 0.25) is 0 Å². The quantitative estimate of drug-likeness (QED) is 0.454. The van der Waals surface area contributed by atoms with Gasteiger partial charge in [0.2, 0.25) is 0 Å². The molecule has 0 bridgehead atoms. The van der Waals surface area contributed by atoms with E-state index in [1.807, 2.05) is 12.1 Å². The highest BCUT2D eigenvalue weighted by Crippen LogP contribution is 2.23. The van der Waals surface area contributed by atoms with Gasteiger partial charge in [-0.25, -0.2) is 0 Å². The summed E-state index contributed by atoms with van der Waals surface area (Å²) in [6.45, 7) is 5.70. The monoisotopic (exact) mass is 326 g/mol. The van der Waals surface area contributed by atoms with Crippen LogP contribution in [0.4, 0.5) is 0 Å². The minimum absolute atomic E-state index is 0.0379. The molecule has 0 aliphatic rings. The third kappa shape index (κ3) is 4.44. The molecule has 0 aliphatic carbocycles. The SMILES string of the molecule is COc1ccc(C(C)=O)cc1CC(=O)Oc1ccc(C(C)C)cc1. The summed E-state index contributed by atoms with van der Waals surface area (Å²) in [6, 6.07) is 12.5. The van der Waals surface area contributed by atoms with E-state index in [-0.39, 0.29) is 12.2 Å². The molecule has 0 atom stereocenters. The molecule has 126 valence electrons. The lowest BCUT2D eigenvalue weighted by atomic mass is 10.0. The predicted molar refractivity (Wildman–Crippen MR) is 92.9 cm³/mol. The van der Waals surface area contributed by atoms with E-state index in [2.05, 4.69) is 13.8 Å². The molecule has 0 unspecified atom stereocenters. The van der Waals surface area contributed by atoms with Crippen molar-refractivity contribution in [1.29, 1.82) is 0 Å². The van der Waals surface area contributed by atoms with Gasteiger partial charge in [-0.3, -0.25) is 9.59 Å². The Labute approximate surface area is 142 Å². The Morgan fingerprint density at radius 1 is 1.04 bits per heavy atom. The van der Waals surface area contributed by atoms with Crippen molar-refractivity contribution in [2.45, 2.75) is 33.1 Å². The number of Topliss-reactive ketones (excluding diaryl/α,β-unsaturated/α-hetero) is 1. The molecule has 0 aliphatic heterocycles. The first-order chi connectivity index (χ1) is 11.4. The molecule has 24 heavy (non-hydrogen) atoms. The normalized spacial score (nSPS) is 10.5. The second kappa shape index (κ2) is 7.77. The summed E-state index contributed by atoms with van der Waals surface area (Å²) in [5.41, 5.74) is 2.36. The highest BCUT2D eigenvalue weighted by Gasteiger charge is 2.13. The van der Waals surface area contributed by atoms with Crippen molar-refractivity contribution in [3.63, 3.8) is 0 Å². The Kier molecular flexibility index (Phi) is 5.74. The van der Waals surface area contributed by atoms with Crippen LogP contribution in [-0.2, 0) is 11.2 Å². The lowest BCUT2D eigenvalue weighted by molar-refractivity contribution is -0.133. The van der Waals surface area contributed by atoms with Crippen molar-refractivity contribution >= 4 is 11.8 Å². The minimum Gasteiger partial charge on any atom is -0.496 e. The lowest BCUT2D eigenvalue weighted by Gasteiger charge is -2.11. The van der Waals surface area contributed by atoms with Gasteiger partial charge >= 0.3 is 5.97 Å². The number of hydrogen-bond acceptors (Lipinski definition) is 4. The number of benzene rings is 2. The third-order valence-corrected chi connectivity index (χ3v) is 3.80. The highest BCUT2D eigenvalue weighted by atomic mass is 16.5. The van der Waals surface area contributed by atoms with E-state index in [4.69, 9.17) is 9.47 Å². The van der Waals surface area contributed by atoms with Crippen LogP contribution in [0.15, 0.2) is 42.5 Å². The molecule has 0 N–H and O–H groups in total. The fourth-order valence-electron chi connectivity index (χ4n) is 2.38. The number of ketones is 1. The van der Waals surface area contributed by atoms with Crippen LogP contribution < -0.4 is 9.47 Å². The maximum Gasteiger partial charge on any atom is 0.315 e. The number of methoxy groups -OCH3 is 1. The van der Waals surface area contributed by atoms with E-state index < -0.39 is 5.97 Å². The van der Waals surface area contributed by atoms with Gasteiger partial charge in [0, 0.05) is 11.1 Å². The molecule has 0 amide bonds. The first kappa shape index (κ1) is 17.7. The number of hydrogen-bond donors (Lipinski definition) is 0. The molecule has 4 nitrogen and oxygen atoms in total.